The summed E-state index contributed by atoms with van der Waals surface area (Å²) in [6.07, 6.45) is 0.529. The fourth-order valence-electron chi connectivity index (χ4n) is 4.48. The first-order valence-corrected chi connectivity index (χ1v) is 10.8. The zero-order valence-corrected chi connectivity index (χ0v) is 19.0. The molecule has 0 aliphatic rings. The van der Waals surface area contributed by atoms with Crippen molar-refractivity contribution >= 4 is 27.6 Å². The predicted molar refractivity (Wildman–Crippen MR) is 132 cm³/mol. The van der Waals surface area contributed by atoms with Crippen LogP contribution in [0.15, 0.2) is 59.5 Å². The number of aryl methyl sites for hydroxylation is 2. The number of benzene rings is 3. The summed E-state index contributed by atoms with van der Waals surface area (Å²) in [5.41, 5.74) is 4.71. The maximum absolute atomic E-state index is 12.3. The minimum atomic E-state index is -1.19. The molecule has 9 heteroatoms. The second-order valence-electron chi connectivity index (χ2n) is 8.22. The van der Waals surface area contributed by atoms with Gasteiger partial charge in [-0.1, -0.05) is 36.4 Å². The van der Waals surface area contributed by atoms with Gasteiger partial charge < -0.3 is 10.4 Å². The summed E-state index contributed by atoms with van der Waals surface area (Å²) in [6.45, 7) is 1.95. The smallest absolute Gasteiger partial charge is 0.404 e. The Bertz CT molecular complexity index is 1740. The van der Waals surface area contributed by atoms with Crippen LogP contribution < -0.4 is 10.9 Å². The van der Waals surface area contributed by atoms with Crippen molar-refractivity contribution in [2.24, 2.45) is 7.05 Å². The number of aromatic nitrogens is 4. The highest BCUT2D eigenvalue weighted by Gasteiger charge is 2.19. The van der Waals surface area contributed by atoms with E-state index in [9.17, 15) is 14.9 Å². The van der Waals surface area contributed by atoms with E-state index in [0.717, 1.165) is 38.7 Å². The molecule has 3 aromatic carbocycles. The van der Waals surface area contributed by atoms with Crippen molar-refractivity contribution < 1.29 is 9.90 Å². The van der Waals surface area contributed by atoms with E-state index in [0.29, 0.717) is 22.0 Å². The second-order valence-corrected chi connectivity index (χ2v) is 8.22. The van der Waals surface area contributed by atoms with Crippen molar-refractivity contribution in [2.45, 2.75) is 13.5 Å². The number of amides is 1. The van der Waals surface area contributed by atoms with Crippen LogP contribution in [0.3, 0.4) is 0 Å². The lowest BCUT2D eigenvalue weighted by Gasteiger charge is -2.13. The number of carbonyl (C=O) groups is 1. The topological polar surface area (TPSA) is 137 Å². The summed E-state index contributed by atoms with van der Waals surface area (Å²) in [5.74, 6) is 0. The lowest BCUT2D eigenvalue weighted by atomic mass is 9.92. The minimum Gasteiger partial charge on any atom is -0.465 e. The molecule has 0 aliphatic carbocycles. The lowest BCUT2D eigenvalue weighted by Crippen LogP contribution is -2.22. The quantitative estimate of drug-likeness (QED) is 0.366. The van der Waals surface area contributed by atoms with Crippen LogP contribution in [-0.2, 0) is 13.6 Å². The standard InChI is InChI=1S/C26H20N6O3/c1-14-4-3-5-17-16(14)8-9-18(21(17)11-27)24-22(12-29-32(24)2)15-6-7-19-20(10-15)23(13-28-26(34)35)30-31-25(19)33/h3-10,12,28H,13H2,1-2H3,(H,31,33)(H,34,35). The first-order chi connectivity index (χ1) is 16.9. The van der Waals surface area contributed by atoms with Gasteiger partial charge >= 0.3 is 6.09 Å². The van der Waals surface area contributed by atoms with Gasteiger partial charge in [0.1, 0.15) is 6.07 Å². The van der Waals surface area contributed by atoms with Crippen molar-refractivity contribution in [1.82, 2.24) is 25.3 Å². The van der Waals surface area contributed by atoms with Crippen LogP contribution in [0.25, 0.3) is 43.9 Å². The van der Waals surface area contributed by atoms with Crippen LogP contribution >= 0.6 is 0 Å². The number of hydrogen-bond acceptors (Lipinski definition) is 5. The molecule has 0 aliphatic heterocycles. The maximum atomic E-state index is 12.3. The predicted octanol–water partition coefficient (Wildman–Crippen LogP) is 4.09. The molecule has 0 radical (unpaired) electrons. The fraction of sp³-hybridized carbons (Fsp3) is 0.115. The highest BCUT2D eigenvalue weighted by atomic mass is 16.4. The summed E-state index contributed by atoms with van der Waals surface area (Å²) in [6, 6.07) is 17.5. The van der Waals surface area contributed by atoms with Crippen LogP contribution in [0.1, 0.15) is 16.8 Å². The zero-order valence-electron chi connectivity index (χ0n) is 19.0. The SMILES string of the molecule is Cc1cccc2c(C#N)c(-c3c(-c4ccc5c(=O)[nH]nc(CNC(=O)O)c5c4)cnn3C)ccc12. The van der Waals surface area contributed by atoms with Crippen molar-refractivity contribution in [2.75, 3.05) is 0 Å². The fourth-order valence-corrected chi connectivity index (χ4v) is 4.48. The maximum Gasteiger partial charge on any atom is 0.404 e. The molecule has 5 aromatic rings. The third-order valence-corrected chi connectivity index (χ3v) is 6.17. The van der Waals surface area contributed by atoms with Gasteiger partial charge in [-0.15, -0.1) is 0 Å². The van der Waals surface area contributed by atoms with Crippen molar-refractivity contribution in [1.29, 1.82) is 5.26 Å². The Morgan fingerprint density at radius 1 is 1.11 bits per heavy atom. The van der Waals surface area contributed by atoms with Crippen molar-refractivity contribution in [3.63, 3.8) is 0 Å². The second kappa shape index (κ2) is 8.43. The highest BCUT2D eigenvalue weighted by Crippen LogP contribution is 2.37. The number of nitriles is 1. The minimum absolute atomic E-state index is 0.0609. The Morgan fingerprint density at radius 2 is 1.91 bits per heavy atom. The van der Waals surface area contributed by atoms with Gasteiger partial charge in [-0.2, -0.15) is 15.5 Å². The third kappa shape index (κ3) is 3.67. The number of carboxylic acid groups (broad SMARTS) is 1. The van der Waals surface area contributed by atoms with Gasteiger partial charge in [0.25, 0.3) is 5.56 Å². The Labute approximate surface area is 199 Å². The monoisotopic (exact) mass is 464 g/mol. The Morgan fingerprint density at radius 3 is 2.69 bits per heavy atom. The molecule has 0 spiro atoms. The first kappa shape index (κ1) is 21.9. The van der Waals surface area contributed by atoms with E-state index in [1.165, 1.54) is 0 Å². The van der Waals surface area contributed by atoms with Crippen LogP contribution in [0, 0.1) is 18.3 Å². The van der Waals surface area contributed by atoms with Gasteiger partial charge in [0, 0.05) is 28.9 Å². The molecule has 3 N–H and O–H groups in total. The van der Waals surface area contributed by atoms with Gasteiger partial charge in [0.05, 0.1) is 35.1 Å². The van der Waals surface area contributed by atoms with E-state index in [4.69, 9.17) is 5.11 Å². The van der Waals surface area contributed by atoms with E-state index in [1.54, 1.807) is 23.0 Å². The lowest BCUT2D eigenvalue weighted by molar-refractivity contribution is 0.194. The van der Waals surface area contributed by atoms with Gasteiger partial charge in [0.15, 0.2) is 0 Å². The summed E-state index contributed by atoms with van der Waals surface area (Å²) >= 11 is 0. The van der Waals surface area contributed by atoms with Crippen LogP contribution in [0.5, 0.6) is 0 Å². The van der Waals surface area contributed by atoms with E-state index < -0.39 is 6.09 Å². The molecule has 172 valence electrons. The number of aromatic amines is 1. The van der Waals surface area contributed by atoms with Crippen LogP contribution in [0.2, 0.25) is 0 Å². The molecule has 9 nitrogen and oxygen atoms in total. The number of hydrogen-bond donors (Lipinski definition) is 3. The average molecular weight is 464 g/mol. The van der Waals surface area contributed by atoms with E-state index in [-0.39, 0.29) is 12.1 Å². The van der Waals surface area contributed by atoms with Gasteiger partial charge in [0.2, 0.25) is 0 Å². The first-order valence-electron chi connectivity index (χ1n) is 10.8. The molecule has 2 heterocycles. The molecule has 0 atom stereocenters. The molecule has 1 amide bonds. The van der Waals surface area contributed by atoms with Gasteiger partial charge in [-0.3, -0.25) is 9.48 Å². The molecular formula is C26H20N6O3. The highest BCUT2D eigenvalue weighted by molar-refractivity contribution is 5.98. The molecule has 2 aromatic heterocycles. The average Bonchev–Trinajstić information content (AvgIpc) is 3.24. The Balaban J connectivity index is 1.73. The summed E-state index contributed by atoms with van der Waals surface area (Å²) < 4.78 is 1.72. The summed E-state index contributed by atoms with van der Waals surface area (Å²) in [4.78, 5) is 23.3. The number of nitrogens with one attached hydrogen (secondary N) is 2. The van der Waals surface area contributed by atoms with Crippen molar-refractivity contribution in [3.8, 4) is 28.5 Å². The normalized spacial score (nSPS) is 11.0. The molecule has 0 unspecified atom stereocenters. The Hall–Kier alpha value is -4.97. The van der Waals surface area contributed by atoms with E-state index >= 15 is 0 Å². The number of H-pyrrole nitrogens is 1. The zero-order chi connectivity index (χ0) is 24.7. The van der Waals surface area contributed by atoms with Gasteiger partial charge in [-0.25, -0.2) is 9.89 Å². The largest absolute Gasteiger partial charge is 0.465 e. The molecule has 35 heavy (non-hydrogen) atoms. The van der Waals surface area contributed by atoms with E-state index in [2.05, 4.69) is 26.7 Å². The van der Waals surface area contributed by atoms with Gasteiger partial charge in [-0.05, 0) is 35.6 Å². The van der Waals surface area contributed by atoms with E-state index in [1.807, 2.05) is 50.4 Å². The number of rotatable bonds is 4. The molecule has 0 saturated carbocycles. The van der Waals surface area contributed by atoms with Crippen LogP contribution in [0.4, 0.5) is 4.79 Å². The molecular weight excluding hydrogens is 444 g/mol. The molecule has 0 fully saturated rings. The molecule has 5 rings (SSSR count). The molecule has 0 saturated heterocycles. The summed E-state index contributed by atoms with van der Waals surface area (Å²) in [5, 5.41) is 35.1. The number of fused-ring (bicyclic) bond motifs is 2. The summed E-state index contributed by atoms with van der Waals surface area (Å²) in [7, 11) is 1.82. The van der Waals surface area contributed by atoms with Crippen LogP contribution in [-0.4, -0.2) is 31.2 Å². The Kier molecular flexibility index (Phi) is 5.26. The molecule has 0 bridgehead atoms. The third-order valence-electron chi connectivity index (χ3n) is 6.17. The number of nitrogens with zero attached hydrogens (tertiary/aromatic N) is 4. The van der Waals surface area contributed by atoms with Crippen molar-refractivity contribution in [3.05, 3.63) is 81.9 Å².